The van der Waals surface area contributed by atoms with Crippen molar-refractivity contribution in [1.82, 2.24) is 4.90 Å². The van der Waals surface area contributed by atoms with Crippen LogP contribution >= 0.6 is 0 Å². The van der Waals surface area contributed by atoms with E-state index in [0.29, 0.717) is 5.92 Å². The molecule has 0 unspecified atom stereocenters. The summed E-state index contributed by atoms with van der Waals surface area (Å²) >= 11 is 0. The van der Waals surface area contributed by atoms with Crippen molar-refractivity contribution in [2.24, 2.45) is 0 Å². The lowest BCUT2D eigenvalue weighted by Gasteiger charge is -2.31. The summed E-state index contributed by atoms with van der Waals surface area (Å²) in [6, 6.07) is 21.3. The standard InChI is InChI=1S/C20H21NO/c1-2-6-16(7-3-1)15-21-12-10-17(11-13-21)20-14-18-8-4-5-9-19(18)22-20/h1-9,14,17H,10-13,15H2. The molecule has 2 aromatic carbocycles. The summed E-state index contributed by atoms with van der Waals surface area (Å²) in [6.45, 7) is 3.36. The van der Waals surface area contributed by atoms with Gasteiger partial charge in [0.25, 0.3) is 0 Å². The maximum absolute atomic E-state index is 6.04. The fourth-order valence-corrected chi connectivity index (χ4v) is 3.42. The summed E-state index contributed by atoms with van der Waals surface area (Å²) in [4.78, 5) is 2.55. The fourth-order valence-electron chi connectivity index (χ4n) is 3.42. The molecule has 2 heteroatoms. The lowest BCUT2D eigenvalue weighted by molar-refractivity contribution is 0.196. The highest BCUT2D eigenvalue weighted by Gasteiger charge is 2.23. The Kier molecular flexibility index (Phi) is 3.69. The Morgan fingerprint density at radius 2 is 1.64 bits per heavy atom. The van der Waals surface area contributed by atoms with Crippen molar-refractivity contribution in [1.29, 1.82) is 0 Å². The van der Waals surface area contributed by atoms with Gasteiger partial charge in [-0.25, -0.2) is 0 Å². The van der Waals surface area contributed by atoms with Crippen LogP contribution in [0.2, 0.25) is 0 Å². The van der Waals surface area contributed by atoms with Gasteiger partial charge in [-0.05, 0) is 43.6 Å². The third-order valence-electron chi connectivity index (χ3n) is 4.68. The van der Waals surface area contributed by atoms with Gasteiger partial charge < -0.3 is 4.42 Å². The number of piperidine rings is 1. The first kappa shape index (κ1) is 13.6. The zero-order valence-electron chi connectivity index (χ0n) is 12.7. The van der Waals surface area contributed by atoms with Crippen molar-refractivity contribution in [3.63, 3.8) is 0 Å². The molecule has 0 aliphatic carbocycles. The zero-order valence-corrected chi connectivity index (χ0v) is 12.7. The number of nitrogens with zero attached hydrogens (tertiary/aromatic N) is 1. The van der Waals surface area contributed by atoms with Gasteiger partial charge in [0, 0.05) is 17.8 Å². The molecule has 22 heavy (non-hydrogen) atoms. The third-order valence-corrected chi connectivity index (χ3v) is 4.68. The van der Waals surface area contributed by atoms with Crippen LogP contribution in [0.25, 0.3) is 11.0 Å². The zero-order chi connectivity index (χ0) is 14.8. The first-order chi connectivity index (χ1) is 10.9. The van der Waals surface area contributed by atoms with Crippen molar-refractivity contribution in [2.45, 2.75) is 25.3 Å². The van der Waals surface area contributed by atoms with E-state index in [0.717, 1.165) is 25.2 Å². The second-order valence-corrected chi connectivity index (χ2v) is 6.22. The van der Waals surface area contributed by atoms with E-state index in [-0.39, 0.29) is 0 Å². The molecule has 1 saturated heterocycles. The predicted molar refractivity (Wildman–Crippen MR) is 89.9 cm³/mol. The Balaban J connectivity index is 1.41. The van der Waals surface area contributed by atoms with E-state index in [1.165, 1.54) is 29.6 Å². The van der Waals surface area contributed by atoms with Crippen molar-refractivity contribution >= 4 is 11.0 Å². The molecule has 0 spiro atoms. The van der Waals surface area contributed by atoms with Crippen LogP contribution in [-0.4, -0.2) is 18.0 Å². The molecule has 4 rings (SSSR count). The minimum Gasteiger partial charge on any atom is -0.461 e. The average molecular weight is 291 g/mol. The Morgan fingerprint density at radius 3 is 2.41 bits per heavy atom. The second-order valence-electron chi connectivity index (χ2n) is 6.22. The molecule has 2 heterocycles. The van der Waals surface area contributed by atoms with Crippen LogP contribution in [0.4, 0.5) is 0 Å². The molecule has 0 N–H and O–H groups in total. The van der Waals surface area contributed by atoms with Crippen LogP contribution in [-0.2, 0) is 6.54 Å². The summed E-state index contributed by atoms with van der Waals surface area (Å²) in [7, 11) is 0. The minimum atomic E-state index is 0.569. The summed E-state index contributed by atoms with van der Waals surface area (Å²) in [5.74, 6) is 1.74. The van der Waals surface area contributed by atoms with E-state index in [1.807, 2.05) is 6.07 Å². The molecule has 0 saturated carbocycles. The molecular formula is C20H21NO. The van der Waals surface area contributed by atoms with Gasteiger partial charge in [0.2, 0.25) is 0 Å². The molecule has 0 atom stereocenters. The van der Waals surface area contributed by atoms with E-state index in [4.69, 9.17) is 4.42 Å². The van der Waals surface area contributed by atoms with Crippen LogP contribution in [0.5, 0.6) is 0 Å². The molecule has 0 amide bonds. The van der Waals surface area contributed by atoms with Gasteiger partial charge in [-0.3, -0.25) is 4.90 Å². The number of hydrogen-bond acceptors (Lipinski definition) is 2. The third kappa shape index (κ3) is 2.79. The number of benzene rings is 2. The van der Waals surface area contributed by atoms with Gasteiger partial charge >= 0.3 is 0 Å². The van der Waals surface area contributed by atoms with Crippen LogP contribution in [0.15, 0.2) is 65.1 Å². The lowest BCUT2D eigenvalue weighted by Crippen LogP contribution is -2.32. The molecule has 0 radical (unpaired) electrons. The van der Waals surface area contributed by atoms with E-state index in [2.05, 4.69) is 59.5 Å². The molecule has 1 fully saturated rings. The molecule has 3 aromatic rings. The maximum atomic E-state index is 6.04. The fraction of sp³-hybridized carbons (Fsp3) is 0.300. The summed E-state index contributed by atoms with van der Waals surface area (Å²) < 4.78 is 6.04. The van der Waals surface area contributed by atoms with E-state index >= 15 is 0 Å². The SMILES string of the molecule is c1ccc(CN2CCC(c3cc4ccccc4o3)CC2)cc1. The number of rotatable bonds is 3. The normalized spacial score (nSPS) is 17.1. The molecule has 112 valence electrons. The van der Waals surface area contributed by atoms with Crippen LogP contribution in [0.1, 0.15) is 30.1 Å². The van der Waals surface area contributed by atoms with Gasteiger partial charge in [-0.15, -0.1) is 0 Å². The number of fused-ring (bicyclic) bond motifs is 1. The highest BCUT2D eigenvalue weighted by atomic mass is 16.3. The van der Waals surface area contributed by atoms with Crippen LogP contribution < -0.4 is 0 Å². The smallest absolute Gasteiger partial charge is 0.134 e. The number of likely N-dealkylation sites (tertiary alicyclic amines) is 1. The lowest BCUT2D eigenvalue weighted by atomic mass is 9.94. The summed E-state index contributed by atoms with van der Waals surface area (Å²) in [6.07, 6.45) is 2.37. The molecule has 1 aromatic heterocycles. The van der Waals surface area contributed by atoms with Gasteiger partial charge in [0.1, 0.15) is 11.3 Å². The quantitative estimate of drug-likeness (QED) is 0.688. The second kappa shape index (κ2) is 5.98. The van der Waals surface area contributed by atoms with Crippen LogP contribution in [0, 0.1) is 0 Å². The molecule has 2 nitrogen and oxygen atoms in total. The van der Waals surface area contributed by atoms with E-state index < -0.39 is 0 Å². The highest BCUT2D eigenvalue weighted by Crippen LogP contribution is 2.32. The Bertz CT molecular complexity index is 706. The van der Waals surface area contributed by atoms with Gasteiger partial charge in [-0.1, -0.05) is 48.5 Å². The van der Waals surface area contributed by atoms with Crippen LogP contribution in [0.3, 0.4) is 0 Å². The Labute approximate surface area is 131 Å². The van der Waals surface area contributed by atoms with Gasteiger partial charge in [0.15, 0.2) is 0 Å². The Hall–Kier alpha value is -2.06. The number of para-hydroxylation sites is 1. The average Bonchev–Trinajstić information content (AvgIpc) is 3.00. The Morgan fingerprint density at radius 1 is 0.909 bits per heavy atom. The summed E-state index contributed by atoms with van der Waals surface area (Å²) in [5.41, 5.74) is 2.42. The molecule has 0 bridgehead atoms. The van der Waals surface area contributed by atoms with E-state index in [9.17, 15) is 0 Å². The van der Waals surface area contributed by atoms with Crippen molar-refractivity contribution in [3.8, 4) is 0 Å². The van der Waals surface area contributed by atoms with Crippen molar-refractivity contribution in [3.05, 3.63) is 72.0 Å². The van der Waals surface area contributed by atoms with Crippen molar-refractivity contribution in [2.75, 3.05) is 13.1 Å². The molecular weight excluding hydrogens is 270 g/mol. The van der Waals surface area contributed by atoms with Gasteiger partial charge in [0.05, 0.1) is 0 Å². The minimum absolute atomic E-state index is 0.569. The van der Waals surface area contributed by atoms with Gasteiger partial charge in [-0.2, -0.15) is 0 Å². The van der Waals surface area contributed by atoms with Crippen molar-refractivity contribution < 1.29 is 4.42 Å². The first-order valence-electron chi connectivity index (χ1n) is 8.13. The predicted octanol–water partition coefficient (Wildman–Crippen LogP) is 4.81. The summed E-state index contributed by atoms with van der Waals surface area (Å²) in [5, 5.41) is 1.23. The first-order valence-corrected chi connectivity index (χ1v) is 8.13. The maximum Gasteiger partial charge on any atom is 0.134 e. The topological polar surface area (TPSA) is 16.4 Å². The monoisotopic (exact) mass is 291 g/mol. The highest BCUT2D eigenvalue weighted by molar-refractivity contribution is 5.77. The van der Waals surface area contributed by atoms with E-state index in [1.54, 1.807) is 0 Å². The molecule has 1 aliphatic rings. The number of hydrogen-bond donors (Lipinski definition) is 0. The largest absolute Gasteiger partial charge is 0.461 e. The molecule has 1 aliphatic heterocycles. The number of furan rings is 1.